The number of hydrogen-bond acceptors (Lipinski definition) is 4. The number of sulfonamides is 1. The van der Waals surface area contributed by atoms with Gasteiger partial charge in [-0.05, 0) is 42.8 Å². The van der Waals surface area contributed by atoms with Crippen molar-refractivity contribution in [1.82, 2.24) is 4.31 Å². The van der Waals surface area contributed by atoms with Gasteiger partial charge in [-0.3, -0.25) is 9.10 Å². The number of benzene rings is 2. The van der Waals surface area contributed by atoms with Crippen molar-refractivity contribution in [3.8, 4) is 5.75 Å². The van der Waals surface area contributed by atoms with Gasteiger partial charge in [0.2, 0.25) is 0 Å². The molecule has 0 saturated heterocycles. The summed E-state index contributed by atoms with van der Waals surface area (Å²) in [6.45, 7) is 5.44. The predicted molar refractivity (Wildman–Crippen MR) is 104 cm³/mol. The number of carbonyl (C=O) groups excluding carboxylic acids is 1. The summed E-state index contributed by atoms with van der Waals surface area (Å²) < 4.78 is 33.2. The molecule has 0 aromatic heterocycles. The summed E-state index contributed by atoms with van der Waals surface area (Å²) >= 11 is 0. The summed E-state index contributed by atoms with van der Waals surface area (Å²) in [5.41, 5.74) is 0.792. The van der Waals surface area contributed by atoms with E-state index in [0.717, 1.165) is 11.1 Å². The lowest BCUT2D eigenvalue weighted by atomic mass is 9.75. The Hall–Kier alpha value is -2.60. The van der Waals surface area contributed by atoms with Crippen LogP contribution in [0.25, 0.3) is 0 Å². The van der Waals surface area contributed by atoms with Crippen LogP contribution < -0.4 is 4.74 Å². The van der Waals surface area contributed by atoms with Crippen LogP contribution in [0.4, 0.5) is 0 Å². The lowest BCUT2D eigenvalue weighted by Crippen LogP contribution is -2.45. The van der Waals surface area contributed by atoms with Gasteiger partial charge in [-0.25, -0.2) is 8.42 Å². The van der Waals surface area contributed by atoms with Crippen molar-refractivity contribution in [2.45, 2.75) is 31.7 Å². The van der Waals surface area contributed by atoms with Gasteiger partial charge in [-0.15, -0.1) is 0 Å². The van der Waals surface area contributed by atoms with Crippen molar-refractivity contribution in [2.75, 3.05) is 7.11 Å². The molecule has 1 unspecified atom stereocenters. The molecule has 0 fully saturated rings. The number of aryl methyl sites for hydroxylation is 1. The van der Waals surface area contributed by atoms with Gasteiger partial charge in [0.05, 0.1) is 23.5 Å². The van der Waals surface area contributed by atoms with E-state index in [1.807, 2.05) is 6.92 Å². The van der Waals surface area contributed by atoms with Crippen LogP contribution in [0.2, 0.25) is 0 Å². The Balaban J connectivity index is 2.14. The van der Waals surface area contributed by atoms with E-state index < -0.39 is 21.5 Å². The maximum Gasteiger partial charge on any atom is 0.264 e. The van der Waals surface area contributed by atoms with Crippen molar-refractivity contribution < 1.29 is 17.9 Å². The van der Waals surface area contributed by atoms with Crippen LogP contribution in [0.1, 0.15) is 31.0 Å². The summed E-state index contributed by atoms with van der Waals surface area (Å²) in [6, 6.07) is 13.2. The number of rotatable bonds is 4. The van der Waals surface area contributed by atoms with E-state index in [2.05, 4.69) is 0 Å². The van der Waals surface area contributed by atoms with Gasteiger partial charge in [-0.2, -0.15) is 0 Å². The van der Waals surface area contributed by atoms with Gasteiger partial charge in [0, 0.05) is 6.20 Å². The van der Waals surface area contributed by atoms with E-state index >= 15 is 0 Å². The van der Waals surface area contributed by atoms with E-state index in [-0.39, 0.29) is 10.7 Å². The molecule has 1 aliphatic heterocycles. The summed E-state index contributed by atoms with van der Waals surface area (Å²) in [4.78, 5) is 12.7. The summed E-state index contributed by atoms with van der Waals surface area (Å²) in [6.07, 6.45) is 2.71. The van der Waals surface area contributed by atoms with Crippen LogP contribution in [0, 0.1) is 12.3 Å². The second-order valence-electron chi connectivity index (χ2n) is 7.23. The maximum atomic E-state index is 13.3. The molecular weight excluding hydrogens is 362 g/mol. The number of hydrogen-bond donors (Lipinski definition) is 0. The molecule has 2 aromatic rings. The van der Waals surface area contributed by atoms with Crippen molar-refractivity contribution in [1.29, 1.82) is 0 Å². The molecule has 0 amide bonds. The number of ether oxygens (including phenoxy) is 1. The number of nitrogens with zero attached hydrogens (tertiary/aromatic N) is 1. The largest absolute Gasteiger partial charge is 0.497 e. The molecule has 1 atom stereocenters. The van der Waals surface area contributed by atoms with Gasteiger partial charge in [0.1, 0.15) is 5.75 Å². The molecule has 5 nitrogen and oxygen atoms in total. The molecule has 6 heteroatoms. The molecule has 27 heavy (non-hydrogen) atoms. The van der Waals surface area contributed by atoms with Gasteiger partial charge >= 0.3 is 0 Å². The van der Waals surface area contributed by atoms with Crippen LogP contribution >= 0.6 is 0 Å². The zero-order chi connectivity index (χ0) is 19.8. The highest BCUT2D eigenvalue weighted by Crippen LogP contribution is 2.45. The molecule has 0 saturated carbocycles. The van der Waals surface area contributed by atoms with Gasteiger partial charge in [-0.1, -0.05) is 43.7 Å². The minimum absolute atomic E-state index is 0.112. The third kappa shape index (κ3) is 3.37. The summed E-state index contributed by atoms with van der Waals surface area (Å²) in [5.74, 6) is 0.556. The zero-order valence-electron chi connectivity index (χ0n) is 15.8. The molecule has 0 aliphatic carbocycles. The van der Waals surface area contributed by atoms with Gasteiger partial charge in [0.15, 0.2) is 5.78 Å². The van der Waals surface area contributed by atoms with Crippen molar-refractivity contribution in [3.05, 3.63) is 71.9 Å². The highest BCUT2D eigenvalue weighted by molar-refractivity contribution is 7.89. The number of carbonyl (C=O) groups is 1. The van der Waals surface area contributed by atoms with E-state index in [9.17, 15) is 13.2 Å². The Morgan fingerprint density at radius 2 is 1.59 bits per heavy atom. The third-order valence-electron chi connectivity index (χ3n) is 4.97. The molecule has 142 valence electrons. The number of ketones is 1. The van der Waals surface area contributed by atoms with Crippen LogP contribution in [-0.2, 0) is 14.8 Å². The Kier molecular flexibility index (Phi) is 4.86. The molecular formula is C21H23NO4S. The van der Waals surface area contributed by atoms with Crippen molar-refractivity contribution in [3.63, 3.8) is 0 Å². The second-order valence-corrected chi connectivity index (χ2v) is 9.07. The molecule has 0 N–H and O–H groups in total. The first-order chi connectivity index (χ1) is 12.7. The van der Waals surface area contributed by atoms with Gasteiger partial charge in [0.25, 0.3) is 10.0 Å². The third-order valence-corrected chi connectivity index (χ3v) is 6.73. The first kappa shape index (κ1) is 19.2. The SMILES string of the molecule is COc1ccc(C2N(S(=O)(=O)c3ccc(C)cc3)C=CC(=O)C2(C)C)cc1. The Morgan fingerprint density at radius 1 is 1.00 bits per heavy atom. The molecule has 0 spiro atoms. The minimum Gasteiger partial charge on any atom is -0.497 e. The first-order valence-electron chi connectivity index (χ1n) is 8.65. The summed E-state index contributed by atoms with van der Waals surface area (Å²) in [7, 11) is -2.25. The van der Waals surface area contributed by atoms with E-state index in [1.165, 1.54) is 16.6 Å². The summed E-state index contributed by atoms with van der Waals surface area (Å²) in [5, 5.41) is 0. The fraction of sp³-hybridized carbons (Fsp3) is 0.286. The lowest BCUT2D eigenvalue weighted by Gasteiger charge is -2.42. The molecule has 0 bridgehead atoms. The molecule has 0 radical (unpaired) electrons. The van der Waals surface area contributed by atoms with E-state index in [0.29, 0.717) is 5.75 Å². The Labute approximate surface area is 160 Å². The molecule has 3 rings (SSSR count). The van der Waals surface area contributed by atoms with Crippen molar-refractivity contribution >= 4 is 15.8 Å². The standard InChI is InChI=1S/C21H23NO4S/c1-15-5-11-18(12-6-15)27(24,25)22-14-13-19(23)21(2,3)20(22)16-7-9-17(26-4)10-8-16/h5-14,20H,1-4H3. The molecule has 2 aromatic carbocycles. The topological polar surface area (TPSA) is 63.7 Å². The highest BCUT2D eigenvalue weighted by Gasteiger charge is 2.46. The number of allylic oxidation sites excluding steroid dienone is 1. The fourth-order valence-electron chi connectivity index (χ4n) is 3.30. The van der Waals surface area contributed by atoms with E-state index in [1.54, 1.807) is 69.5 Å². The van der Waals surface area contributed by atoms with Crippen LogP contribution in [0.15, 0.2) is 65.7 Å². The Morgan fingerprint density at radius 3 is 2.15 bits per heavy atom. The van der Waals surface area contributed by atoms with Crippen LogP contribution in [-0.4, -0.2) is 25.6 Å². The lowest BCUT2D eigenvalue weighted by molar-refractivity contribution is -0.125. The fourth-order valence-corrected chi connectivity index (χ4v) is 4.90. The average Bonchev–Trinajstić information content (AvgIpc) is 2.64. The van der Waals surface area contributed by atoms with Crippen LogP contribution in [0.3, 0.4) is 0 Å². The highest BCUT2D eigenvalue weighted by atomic mass is 32.2. The van der Waals surface area contributed by atoms with Gasteiger partial charge < -0.3 is 4.74 Å². The predicted octanol–water partition coefficient (Wildman–Crippen LogP) is 3.86. The monoisotopic (exact) mass is 385 g/mol. The minimum atomic E-state index is -3.82. The Bertz CT molecular complexity index is 974. The second kappa shape index (κ2) is 6.85. The zero-order valence-corrected chi connectivity index (χ0v) is 16.7. The first-order valence-corrected chi connectivity index (χ1v) is 10.1. The number of methoxy groups -OCH3 is 1. The normalized spacial score (nSPS) is 19.2. The smallest absolute Gasteiger partial charge is 0.264 e. The van der Waals surface area contributed by atoms with E-state index in [4.69, 9.17) is 4.74 Å². The quantitative estimate of drug-likeness (QED) is 0.802. The van der Waals surface area contributed by atoms with Crippen molar-refractivity contribution in [2.24, 2.45) is 5.41 Å². The van der Waals surface area contributed by atoms with Crippen LogP contribution in [0.5, 0.6) is 5.75 Å². The average molecular weight is 385 g/mol. The maximum absolute atomic E-state index is 13.3. The molecule has 1 aliphatic rings. The molecule has 1 heterocycles.